The zero-order valence-corrected chi connectivity index (χ0v) is 17.6. The van der Waals surface area contributed by atoms with Crippen molar-refractivity contribution < 1.29 is 4.39 Å². The van der Waals surface area contributed by atoms with E-state index in [-0.39, 0.29) is 5.82 Å². The third kappa shape index (κ3) is 3.00. The zero-order chi connectivity index (χ0) is 20.9. The molecule has 0 fully saturated rings. The van der Waals surface area contributed by atoms with Crippen molar-refractivity contribution in [1.29, 1.82) is 0 Å². The van der Waals surface area contributed by atoms with Gasteiger partial charge in [-0.15, -0.1) is 0 Å². The first-order valence-corrected chi connectivity index (χ1v) is 10.9. The Bertz CT molecular complexity index is 1430. The van der Waals surface area contributed by atoms with E-state index in [2.05, 4.69) is 51.6 Å². The summed E-state index contributed by atoms with van der Waals surface area (Å²) in [6.45, 7) is 1.67. The lowest BCUT2D eigenvalue weighted by molar-refractivity contribution is 0.628. The van der Waals surface area contributed by atoms with Crippen LogP contribution < -0.4 is 0 Å². The van der Waals surface area contributed by atoms with Gasteiger partial charge in [0.2, 0.25) is 0 Å². The Morgan fingerprint density at radius 1 is 0.839 bits per heavy atom. The van der Waals surface area contributed by atoms with E-state index < -0.39 is 0 Å². The zero-order valence-electron chi connectivity index (χ0n) is 16.9. The predicted octanol–water partition coefficient (Wildman–Crippen LogP) is 7.17. The molecule has 0 amide bonds. The second kappa shape index (κ2) is 7.14. The predicted molar refractivity (Wildman–Crippen MR) is 125 cm³/mol. The van der Waals surface area contributed by atoms with Crippen LogP contribution in [0.5, 0.6) is 0 Å². The van der Waals surface area contributed by atoms with Crippen molar-refractivity contribution in [2.75, 3.05) is 0 Å². The van der Waals surface area contributed by atoms with Gasteiger partial charge in [-0.1, -0.05) is 41.9 Å². The molecule has 1 aliphatic rings. The van der Waals surface area contributed by atoms with Gasteiger partial charge in [0.15, 0.2) is 0 Å². The van der Waals surface area contributed by atoms with Gasteiger partial charge in [0.25, 0.3) is 0 Å². The maximum absolute atomic E-state index is 13.5. The molecule has 2 aromatic heterocycles. The number of benzene rings is 3. The van der Waals surface area contributed by atoms with Gasteiger partial charge in [-0.05, 0) is 77.7 Å². The number of fused-ring (bicyclic) bond motifs is 5. The smallest absolute Gasteiger partial charge is 0.123 e. The summed E-state index contributed by atoms with van der Waals surface area (Å²) in [6.07, 6.45) is 0.967. The molecule has 0 aliphatic carbocycles. The minimum atomic E-state index is -0.210. The first kappa shape index (κ1) is 18.5. The van der Waals surface area contributed by atoms with Gasteiger partial charge in [-0.25, -0.2) is 4.39 Å². The largest absolute Gasteiger partial charge is 0.339 e. The topological polar surface area (TPSA) is 9.86 Å². The Balaban J connectivity index is 1.56. The van der Waals surface area contributed by atoms with E-state index in [0.717, 1.165) is 35.8 Å². The van der Waals surface area contributed by atoms with Gasteiger partial charge < -0.3 is 9.13 Å². The maximum atomic E-state index is 13.5. The van der Waals surface area contributed by atoms with Crippen molar-refractivity contribution in [2.24, 2.45) is 0 Å². The molecule has 0 unspecified atom stereocenters. The number of hydrogen-bond donors (Lipinski definition) is 0. The lowest BCUT2D eigenvalue weighted by Gasteiger charge is -2.22. The van der Waals surface area contributed by atoms with E-state index in [1.165, 1.54) is 45.6 Å². The maximum Gasteiger partial charge on any atom is 0.123 e. The molecule has 2 nitrogen and oxygen atoms in total. The van der Waals surface area contributed by atoms with E-state index in [9.17, 15) is 4.39 Å². The highest BCUT2D eigenvalue weighted by atomic mass is 35.5. The quantitative estimate of drug-likeness (QED) is 0.289. The fourth-order valence-electron chi connectivity index (χ4n) is 4.91. The van der Waals surface area contributed by atoms with Gasteiger partial charge in [0.1, 0.15) is 5.82 Å². The fraction of sp³-hybridized carbons (Fsp3) is 0.111. The Hall–Kier alpha value is -3.30. The van der Waals surface area contributed by atoms with Crippen LogP contribution in [-0.4, -0.2) is 9.13 Å². The Morgan fingerprint density at radius 3 is 2.48 bits per heavy atom. The number of nitrogens with zero attached hydrogens (tertiary/aromatic N) is 2. The average Bonchev–Trinajstić information content (AvgIpc) is 3.34. The number of aromatic nitrogens is 2. The van der Waals surface area contributed by atoms with Crippen LogP contribution >= 0.6 is 11.6 Å². The molecular formula is C27H20ClFN2. The van der Waals surface area contributed by atoms with E-state index in [1.807, 2.05) is 30.3 Å². The molecule has 0 saturated carbocycles. The van der Waals surface area contributed by atoms with Crippen molar-refractivity contribution in [1.82, 2.24) is 9.13 Å². The number of para-hydroxylation sites is 1. The van der Waals surface area contributed by atoms with Crippen LogP contribution in [0, 0.1) is 5.82 Å². The van der Waals surface area contributed by atoms with E-state index in [0.29, 0.717) is 0 Å². The molecule has 0 spiro atoms. The molecule has 1 aliphatic heterocycles. The molecule has 4 heteroatoms. The summed E-state index contributed by atoms with van der Waals surface area (Å²) in [5, 5.41) is 2.07. The lowest BCUT2D eigenvalue weighted by atomic mass is 10.0. The van der Waals surface area contributed by atoms with Gasteiger partial charge in [-0.2, -0.15) is 0 Å². The molecule has 3 aromatic carbocycles. The molecule has 0 saturated heterocycles. The SMILES string of the molecule is Fc1ccc(-c2ccc3n2CCc2c-3n(Cc3cccc(Cl)c3)c3ccccc23)cc1. The molecule has 6 rings (SSSR count). The molecule has 0 radical (unpaired) electrons. The highest BCUT2D eigenvalue weighted by Gasteiger charge is 2.26. The average molecular weight is 427 g/mol. The standard InChI is InChI=1S/C27H20ClFN2/c28-20-5-3-4-18(16-20)17-31-25-7-2-1-6-22(25)23-14-15-30-24(12-13-26(30)27(23)31)19-8-10-21(29)11-9-19/h1-13,16H,14-15,17H2. The summed E-state index contributed by atoms with van der Waals surface area (Å²) >= 11 is 6.27. The van der Waals surface area contributed by atoms with Crippen molar-refractivity contribution in [2.45, 2.75) is 19.5 Å². The van der Waals surface area contributed by atoms with Crippen molar-refractivity contribution >= 4 is 22.5 Å². The summed E-state index contributed by atoms with van der Waals surface area (Å²) < 4.78 is 18.2. The molecule has 3 heterocycles. The van der Waals surface area contributed by atoms with Crippen LogP contribution in [0.3, 0.4) is 0 Å². The van der Waals surface area contributed by atoms with Crippen LogP contribution in [-0.2, 0) is 19.5 Å². The molecule has 31 heavy (non-hydrogen) atoms. The minimum absolute atomic E-state index is 0.210. The highest BCUT2D eigenvalue weighted by Crippen LogP contribution is 2.41. The summed E-state index contributed by atoms with van der Waals surface area (Å²) in [4.78, 5) is 0. The van der Waals surface area contributed by atoms with Crippen LogP contribution in [0.2, 0.25) is 5.02 Å². The summed E-state index contributed by atoms with van der Waals surface area (Å²) in [7, 11) is 0. The summed E-state index contributed by atoms with van der Waals surface area (Å²) in [5.74, 6) is -0.210. The normalized spacial score (nSPS) is 12.7. The third-order valence-corrected chi connectivity index (χ3v) is 6.49. The Labute approximate surface area is 185 Å². The van der Waals surface area contributed by atoms with Crippen LogP contribution in [0.4, 0.5) is 4.39 Å². The van der Waals surface area contributed by atoms with Crippen LogP contribution in [0.25, 0.3) is 33.5 Å². The van der Waals surface area contributed by atoms with E-state index in [1.54, 1.807) is 0 Å². The molecule has 0 bridgehead atoms. The second-order valence-corrected chi connectivity index (χ2v) is 8.51. The molecule has 5 aromatic rings. The lowest BCUT2D eigenvalue weighted by Crippen LogP contribution is -2.14. The van der Waals surface area contributed by atoms with Crippen molar-refractivity contribution in [3.05, 3.63) is 107 Å². The Morgan fingerprint density at radius 2 is 1.65 bits per heavy atom. The molecule has 0 atom stereocenters. The highest BCUT2D eigenvalue weighted by molar-refractivity contribution is 6.30. The number of rotatable bonds is 3. The van der Waals surface area contributed by atoms with Crippen molar-refractivity contribution in [3.8, 4) is 22.6 Å². The third-order valence-electron chi connectivity index (χ3n) is 6.25. The monoisotopic (exact) mass is 426 g/mol. The van der Waals surface area contributed by atoms with Crippen LogP contribution in [0.15, 0.2) is 84.9 Å². The number of halogens is 2. The van der Waals surface area contributed by atoms with E-state index >= 15 is 0 Å². The first-order valence-electron chi connectivity index (χ1n) is 10.5. The number of aryl methyl sites for hydroxylation is 1. The van der Waals surface area contributed by atoms with Crippen molar-refractivity contribution in [3.63, 3.8) is 0 Å². The van der Waals surface area contributed by atoms with Gasteiger partial charge in [0, 0.05) is 34.7 Å². The van der Waals surface area contributed by atoms with E-state index in [4.69, 9.17) is 11.6 Å². The molecular weight excluding hydrogens is 407 g/mol. The Kier molecular flexibility index (Phi) is 4.25. The fourth-order valence-corrected chi connectivity index (χ4v) is 5.13. The van der Waals surface area contributed by atoms with Gasteiger partial charge in [0.05, 0.1) is 11.4 Å². The van der Waals surface area contributed by atoms with Gasteiger partial charge >= 0.3 is 0 Å². The summed E-state index contributed by atoms with van der Waals surface area (Å²) in [6, 6.07) is 27.8. The van der Waals surface area contributed by atoms with Gasteiger partial charge in [-0.3, -0.25) is 0 Å². The van der Waals surface area contributed by atoms with Crippen LogP contribution in [0.1, 0.15) is 11.1 Å². The number of hydrogen-bond acceptors (Lipinski definition) is 0. The molecule has 152 valence electrons. The first-order chi connectivity index (χ1) is 15.2. The minimum Gasteiger partial charge on any atom is -0.339 e. The second-order valence-electron chi connectivity index (χ2n) is 8.07. The molecule has 0 N–H and O–H groups in total. The summed E-state index contributed by atoms with van der Waals surface area (Å²) in [5.41, 5.74) is 8.45.